The number of nitrogens with zero attached hydrogens (tertiary/aromatic N) is 1. The summed E-state index contributed by atoms with van der Waals surface area (Å²) in [6, 6.07) is 8.04. The fourth-order valence-electron chi connectivity index (χ4n) is 2.24. The molecule has 1 unspecified atom stereocenters. The van der Waals surface area contributed by atoms with Gasteiger partial charge in [-0.25, -0.2) is 0 Å². The zero-order valence-electron chi connectivity index (χ0n) is 10.6. The van der Waals surface area contributed by atoms with Crippen molar-refractivity contribution in [1.29, 1.82) is 0 Å². The van der Waals surface area contributed by atoms with Gasteiger partial charge in [-0.15, -0.1) is 0 Å². The van der Waals surface area contributed by atoms with Gasteiger partial charge in [0.05, 0.1) is 6.20 Å². The van der Waals surface area contributed by atoms with Crippen LogP contribution >= 0.6 is 11.8 Å². The maximum Gasteiger partial charge on any atom is 0.126 e. The van der Waals surface area contributed by atoms with E-state index >= 15 is 0 Å². The zero-order valence-corrected chi connectivity index (χ0v) is 11.5. The van der Waals surface area contributed by atoms with Crippen LogP contribution in [0.2, 0.25) is 0 Å². The van der Waals surface area contributed by atoms with Crippen LogP contribution in [0.1, 0.15) is 12.8 Å². The highest BCUT2D eigenvalue weighted by Gasteiger charge is 2.15. The van der Waals surface area contributed by atoms with Crippen LogP contribution < -0.4 is 10.5 Å². The van der Waals surface area contributed by atoms with Crippen molar-refractivity contribution in [3.05, 3.63) is 30.5 Å². The molecule has 3 N–H and O–H groups in total. The largest absolute Gasteiger partial charge is 0.490 e. The Morgan fingerprint density at radius 1 is 1.32 bits per heavy atom. The molecule has 0 radical (unpaired) electrons. The van der Waals surface area contributed by atoms with Gasteiger partial charge in [-0.3, -0.25) is 5.10 Å². The zero-order chi connectivity index (χ0) is 13.1. The highest BCUT2D eigenvalue weighted by molar-refractivity contribution is 7.99. The van der Waals surface area contributed by atoms with Gasteiger partial charge < -0.3 is 10.5 Å². The predicted molar refractivity (Wildman–Crippen MR) is 79.4 cm³/mol. The lowest BCUT2D eigenvalue weighted by atomic mass is 10.1. The van der Waals surface area contributed by atoms with Crippen molar-refractivity contribution in [2.75, 3.05) is 17.2 Å². The molecule has 1 aliphatic rings. The van der Waals surface area contributed by atoms with E-state index in [-0.39, 0.29) is 0 Å². The van der Waals surface area contributed by atoms with Gasteiger partial charge in [0.25, 0.3) is 0 Å². The molecule has 3 rings (SSSR count). The van der Waals surface area contributed by atoms with E-state index in [4.69, 9.17) is 10.5 Å². The molecule has 2 aromatic rings. The lowest BCUT2D eigenvalue weighted by Crippen LogP contribution is -2.23. The highest BCUT2D eigenvalue weighted by Crippen LogP contribution is 2.27. The third-order valence-corrected chi connectivity index (χ3v) is 4.44. The van der Waals surface area contributed by atoms with Gasteiger partial charge in [0.1, 0.15) is 17.7 Å². The van der Waals surface area contributed by atoms with Crippen LogP contribution in [-0.4, -0.2) is 27.8 Å². The number of nitrogens with two attached hydrogens (primary N) is 1. The Morgan fingerprint density at radius 2 is 2.16 bits per heavy atom. The number of aromatic amines is 1. The number of ether oxygens (including phenoxy) is 1. The third kappa shape index (κ3) is 2.87. The SMILES string of the molecule is Nc1[nH]ncc1-c1ccc(OC2CCCSC2)cc1. The Balaban J connectivity index is 1.70. The number of aromatic nitrogens is 2. The monoisotopic (exact) mass is 275 g/mol. The highest BCUT2D eigenvalue weighted by atomic mass is 32.2. The van der Waals surface area contributed by atoms with Gasteiger partial charge in [0, 0.05) is 11.3 Å². The Kier molecular flexibility index (Phi) is 3.64. The lowest BCUT2D eigenvalue weighted by Gasteiger charge is -2.22. The summed E-state index contributed by atoms with van der Waals surface area (Å²) in [4.78, 5) is 0. The van der Waals surface area contributed by atoms with Gasteiger partial charge in [-0.2, -0.15) is 16.9 Å². The van der Waals surface area contributed by atoms with E-state index in [2.05, 4.69) is 10.2 Å². The van der Waals surface area contributed by atoms with E-state index in [1.807, 2.05) is 36.0 Å². The number of hydrogen-bond donors (Lipinski definition) is 2. The van der Waals surface area contributed by atoms with E-state index in [1.165, 1.54) is 12.2 Å². The average Bonchev–Trinajstić information content (AvgIpc) is 2.87. The van der Waals surface area contributed by atoms with Crippen molar-refractivity contribution in [2.45, 2.75) is 18.9 Å². The number of hydrogen-bond acceptors (Lipinski definition) is 4. The minimum absolute atomic E-state index is 0.351. The van der Waals surface area contributed by atoms with Crippen molar-refractivity contribution in [3.63, 3.8) is 0 Å². The molecule has 0 aliphatic carbocycles. The molecule has 1 aliphatic heterocycles. The van der Waals surface area contributed by atoms with Crippen LogP contribution in [0, 0.1) is 0 Å². The molecule has 19 heavy (non-hydrogen) atoms. The topological polar surface area (TPSA) is 63.9 Å². The molecule has 0 bridgehead atoms. The minimum Gasteiger partial charge on any atom is -0.490 e. The summed E-state index contributed by atoms with van der Waals surface area (Å²) in [5.74, 6) is 3.88. The lowest BCUT2D eigenvalue weighted by molar-refractivity contribution is 0.211. The van der Waals surface area contributed by atoms with Crippen LogP contribution in [0.25, 0.3) is 11.1 Å². The molecule has 1 saturated heterocycles. The van der Waals surface area contributed by atoms with E-state index < -0.39 is 0 Å². The Morgan fingerprint density at radius 3 is 2.79 bits per heavy atom. The van der Waals surface area contributed by atoms with Gasteiger partial charge in [-0.1, -0.05) is 12.1 Å². The number of nitrogen functional groups attached to an aromatic ring is 1. The maximum atomic E-state index is 5.98. The summed E-state index contributed by atoms with van der Waals surface area (Å²) >= 11 is 1.97. The summed E-state index contributed by atoms with van der Waals surface area (Å²) in [6.07, 6.45) is 4.49. The summed E-state index contributed by atoms with van der Waals surface area (Å²) in [5, 5.41) is 6.67. The molecular formula is C14H17N3OS. The Bertz CT molecular complexity index is 532. The van der Waals surface area contributed by atoms with Crippen molar-refractivity contribution in [1.82, 2.24) is 10.2 Å². The Labute approximate surface area is 116 Å². The van der Waals surface area contributed by atoms with Crippen LogP contribution in [-0.2, 0) is 0 Å². The molecule has 4 nitrogen and oxygen atoms in total. The van der Waals surface area contributed by atoms with Crippen molar-refractivity contribution >= 4 is 17.6 Å². The number of nitrogens with one attached hydrogen (secondary N) is 1. The van der Waals surface area contributed by atoms with Crippen LogP contribution in [0.15, 0.2) is 30.5 Å². The first-order valence-corrected chi connectivity index (χ1v) is 7.62. The van der Waals surface area contributed by atoms with E-state index in [9.17, 15) is 0 Å². The second-order valence-corrected chi connectivity index (χ2v) is 5.83. The van der Waals surface area contributed by atoms with Gasteiger partial charge >= 0.3 is 0 Å². The molecule has 1 fully saturated rings. The normalized spacial score (nSPS) is 19.3. The quantitative estimate of drug-likeness (QED) is 0.904. The second kappa shape index (κ2) is 5.57. The molecule has 100 valence electrons. The predicted octanol–water partition coefficient (Wildman–Crippen LogP) is 2.93. The summed E-state index contributed by atoms with van der Waals surface area (Å²) in [7, 11) is 0. The molecule has 1 aromatic heterocycles. The fraction of sp³-hybridized carbons (Fsp3) is 0.357. The Hall–Kier alpha value is -1.62. The molecule has 1 atom stereocenters. The van der Waals surface area contributed by atoms with Gasteiger partial charge in [-0.05, 0) is 36.3 Å². The standard InChI is InChI=1S/C14H17N3OS/c15-14-13(8-16-17-14)10-3-5-11(6-4-10)18-12-2-1-7-19-9-12/h3-6,8,12H,1-2,7,9H2,(H3,15,16,17). The number of H-pyrrole nitrogens is 1. The van der Waals surface area contributed by atoms with Gasteiger partial charge in [0.2, 0.25) is 0 Å². The van der Waals surface area contributed by atoms with Crippen LogP contribution in [0.5, 0.6) is 5.75 Å². The van der Waals surface area contributed by atoms with E-state index in [0.717, 1.165) is 29.1 Å². The maximum absolute atomic E-state index is 5.98. The van der Waals surface area contributed by atoms with E-state index in [0.29, 0.717) is 11.9 Å². The van der Waals surface area contributed by atoms with E-state index in [1.54, 1.807) is 6.20 Å². The first kappa shape index (κ1) is 12.4. The smallest absolute Gasteiger partial charge is 0.126 e. The van der Waals surface area contributed by atoms with Crippen molar-refractivity contribution in [3.8, 4) is 16.9 Å². The third-order valence-electron chi connectivity index (χ3n) is 3.26. The molecular weight excluding hydrogens is 258 g/mol. The first-order valence-electron chi connectivity index (χ1n) is 6.46. The molecule has 5 heteroatoms. The molecule has 0 amide bonds. The average molecular weight is 275 g/mol. The number of thioether (sulfide) groups is 1. The summed E-state index contributed by atoms with van der Waals surface area (Å²) in [6.45, 7) is 0. The summed E-state index contributed by atoms with van der Waals surface area (Å²) < 4.78 is 5.98. The summed E-state index contributed by atoms with van der Waals surface area (Å²) in [5.41, 5.74) is 7.79. The minimum atomic E-state index is 0.351. The molecule has 2 heterocycles. The van der Waals surface area contributed by atoms with Crippen LogP contribution in [0.3, 0.4) is 0 Å². The number of rotatable bonds is 3. The molecule has 1 aromatic carbocycles. The molecule has 0 spiro atoms. The number of anilines is 1. The first-order chi connectivity index (χ1) is 9.33. The second-order valence-electron chi connectivity index (χ2n) is 4.68. The van der Waals surface area contributed by atoms with Gasteiger partial charge in [0.15, 0.2) is 0 Å². The van der Waals surface area contributed by atoms with Crippen molar-refractivity contribution in [2.24, 2.45) is 0 Å². The molecule has 0 saturated carbocycles. The van der Waals surface area contributed by atoms with Crippen LogP contribution in [0.4, 0.5) is 5.82 Å². The van der Waals surface area contributed by atoms with Crippen molar-refractivity contribution < 1.29 is 4.74 Å². The number of benzene rings is 1. The fourth-order valence-corrected chi connectivity index (χ4v) is 3.27.